The highest BCUT2D eigenvalue weighted by Gasteiger charge is 2.25. The van der Waals surface area contributed by atoms with Crippen molar-refractivity contribution in [2.75, 3.05) is 38.0 Å². The third kappa shape index (κ3) is 6.22. The lowest BCUT2D eigenvalue weighted by atomic mass is 9.90. The first-order chi connectivity index (χ1) is 15.2. The van der Waals surface area contributed by atoms with Crippen LogP contribution in [0.1, 0.15) is 49.3 Å². The summed E-state index contributed by atoms with van der Waals surface area (Å²) >= 11 is 0. The maximum Gasteiger partial charge on any atom is 0.225 e. The normalized spacial score (nSPS) is 19.5. The van der Waals surface area contributed by atoms with E-state index in [9.17, 15) is 4.79 Å². The van der Waals surface area contributed by atoms with Gasteiger partial charge in [-0.2, -0.15) is 0 Å². The van der Waals surface area contributed by atoms with Crippen LogP contribution in [0.3, 0.4) is 0 Å². The van der Waals surface area contributed by atoms with E-state index in [-0.39, 0.29) is 35.8 Å². The molecule has 0 radical (unpaired) electrons. The van der Waals surface area contributed by atoms with Crippen LogP contribution < -0.4 is 16.0 Å². The van der Waals surface area contributed by atoms with Crippen LogP contribution >= 0.6 is 24.0 Å². The SMILES string of the molecule is CCNC(=NCC(c1ccccc1)N1CCCC1)NCC1CC(=O)Nc2ccccc21.I. The van der Waals surface area contributed by atoms with Crippen LogP contribution in [0.15, 0.2) is 59.6 Å². The minimum atomic E-state index is 0. The Kier molecular flexibility index (Phi) is 9.35. The van der Waals surface area contributed by atoms with Crippen molar-refractivity contribution >= 4 is 41.5 Å². The summed E-state index contributed by atoms with van der Waals surface area (Å²) in [5.74, 6) is 1.02. The van der Waals surface area contributed by atoms with Crippen molar-refractivity contribution in [1.82, 2.24) is 15.5 Å². The lowest BCUT2D eigenvalue weighted by molar-refractivity contribution is -0.116. The molecule has 4 rings (SSSR count). The number of anilines is 1. The lowest BCUT2D eigenvalue weighted by Crippen LogP contribution is -2.41. The topological polar surface area (TPSA) is 68.8 Å². The fourth-order valence-electron chi connectivity index (χ4n) is 4.58. The molecular weight excluding hydrogens is 513 g/mol. The van der Waals surface area contributed by atoms with Gasteiger partial charge in [-0.05, 0) is 50.0 Å². The number of carbonyl (C=O) groups is 1. The van der Waals surface area contributed by atoms with Gasteiger partial charge < -0.3 is 16.0 Å². The predicted molar refractivity (Wildman–Crippen MR) is 142 cm³/mol. The van der Waals surface area contributed by atoms with Crippen LogP contribution in [0.2, 0.25) is 0 Å². The summed E-state index contributed by atoms with van der Waals surface area (Å²) in [6.45, 7) is 6.53. The molecular formula is C25H34IN5O. The molecule has 2 aliphatic heterocycles. The van der Waals surface area contributed by atoms with Crippen LogP contribution in [-0.2, 0) is 4.79 Å². The van der Waals surface area contributed by atoms with E-state index in [0.29, 0.717) is 25.6 Å². The molecule has 2 aromatic carbocycles. The van der Waals surface area contributed by atoms with Crippen LogP contribution in [0.25, 0.3) is 0 Å². The van der Waals surface area contributed by atoms with E-state index < -0.39 is 0 Å². The van der Waals surface area contributed by atoms with Crippen LogP contribution in [0, 0.1) is 0 Å². The van der Waals surface area contributed by atoms with Gasteiger partial charge in [0.25, 0.3) is 0 Å². The minimum Gasteiger partial charge on any atom is -0.357 e. The zero-order valence-corrected chi connectivity index (χ0v) is 21.0. The molecule has 6 nitrogen and oxygen atoms in total. The van der Waals surface area contributed by atoms with Gasteiger partial charge in [-0.15, -0.1) is 24.0 Å². The standard InChI is InChI=1S/C25H33N5O.HI/c1-2-26-25(27-17-20-16-24(31)29-22-13-7-6-12-21(20)22)28-18-23(30-14-8-9-15-30)19-10-4-3-5-11-19;/h3-7,10-13,20,23H,2,8-9,14-18H2,1H3,(H,29,31)(H2,26,27,28);1H. The number of likely N-dealkylation sites (tertiary alicyclic amines) is 1. The molecule has 2 aliphatic rings. The second-order valence-electron chi connectivity index (χ2n) is 8.31. The van der Waals surface area contributed by atoms with Gasteiger partial charge in [0.1, 0.15) is 0 Å². The summed E-state index contributed by atoms with van der Waals surface area (Å²) in [7, 11) is 0. The average Bonchev–Trinajstić information content (AvgIpc) is 3.32. The molecule has 0 saturated carbocycles. The third-order valence-corrected chi connectivity index (χ3v) is 6.15. The molecule has 3 N–H and O–H groups in total. The second-order valence-corrected chi connectivity index (χ2v) is 8.31. The van der Waals surface area contributed by atoms with Gasteiger partial charge in [-0.25, -0.2) is 0 Å². The summed E-state index contributed by atoms with van der Waals surface area (Å²) < 4.78 is 0. The van der Waals surface area contributed by atoms with E-state index in [0.717, 1.165) is 31.3 Å². The number of hydrogen-bond acceptors (Lipinski definition) is 3. The summed E-state index contributed by atoms with van der Waals surface area (Å²) in [6, 6.07) is 19.0. The Bertz CT molecular complexity index is 898. The molecule has 2 atom stereocenters. The van der Waals surface area contributed by atoms with Crippen molar-refractivity contribution in [2.45, 2.75) is 38.1 Å². The molecule has 0 aliphatic carbocycles. The molecule has 7 heteroatoms. The van der Waals surface area contributed by atoms with Gasteiger partial charge in [-0.1, -0.05) is 48.5 Å². The first-order valence-corrected chi connectivity index (χ1v) is 11.4. The quantitative estimate of drug-likeness (QED) is 0.277. The molecule has 0 spiro atoms. The molecule has 1 amide bonds. The van der Waals surface area contributed by atoms with Crippen molar-refractivity contribution in [1.29, 1.82) is 0 Å². The van der Waals surface area contributed by atoms with E-state index >= 15 is 0 Å². The summed E-state index contributed by atoms with van der Waals surface area (Å²) in [4.78, 5) is 19.6. The van der Waals surface area contributed by atoms with Crippen molar-refractivity contribution in [3.63, 3.8) is 0 Å². The number of guanidine groups is 1. The smallest absolute Gasteiger partial charge is 0.225 e. The molecule has 0 bridgehead atoms. The minimum absolute atomic E-state index is 0. The fraction of sp³-hybridized carbons (Fsp3) is 0.440. The Morgan fingerprint density at radius 3 is 2.56 bits per heavy atom. The molecule has 2 heterocycles. The van der Waals surface area contributed by atoms with E-state index in [1.165, 1.54) is 24.0 Å². The van der Waals surface area contributed by atoms with E-state index in [1.807, 2.05) is 18.2 Å². The largest absolute Gasteiger partial charge is 0.357 e. The highest BCUT2D eigenvalue weighted by atomic mass is 127. The number of benzene rings is 2. The summed E-state index contributed by atoms with van der Waals surface area (Å²) in [5, 5.41) is 9.84. The van der Waals surface area contributed by atoms with Crippen LogP contribution in [0.4, 0.5) is 5.69 Å². The van der Waals surface area contributed by atoms with Crippen molar-refractivity contribution in [3.05, 3.63) is 65.7 Å². The zero-order chi connectivity index (χ0) is 21.5. The van der Waals surface area contributed by atoms with E-state index in [2.05, 4.69) is 64.2 Å². The second kappa shape index (κ2) is 12.2. The zero-order valence-electron chi connectivity index (χ0n) is 18.7. The Morgan fingerprint density at radius 2 is 1.81 bits per heavy atom. The maximum absolute atomic E-state index is 12.1. The number of aliphatic imine (C=N–C) groups is 1. The molecule has 2 aromatic rings. The van der Waals surface area contributed by atoms with Gasteiger partial charge in [0.2, 0.25) is 5.91 Å². The predicted octanol–water partition coefficient (Wildman–Crippen LogP) is 4.12. The van der Waals surface area contributed by atoms with Crippen LogP contribution in [0.5, 0.6) is 0 Å². The number of amides is 1. The molecule has 2 unspecified atom stereocenters. The van der Waals surface area contributed by atoms with Crippen molar-refractivity contribution in [2.24, 2.45) is 4.99 Å². The van der Waals surface area contributed by atoms with Gasteiger partial charge >= 0.3 is 0 Å². The monoisotopic (exact) mass is 547 g/mol. The number of rotatable bonds is 7. The fourth-order valence-corrected chi connectivity index (χ4v) is 4.58. The Morgan fingerprint density at radius 1 is 1.09 bits per heavy atom. The number of halogens is 1. The number of carbonyl (C=O) groups excluding carboxylic acids is 1. The lowest BCUT2D eigenvalue weighted by Gasteiger charge is -2.28. The molecule has 1 fully saturated rings. The number of nitrogens with zero attached hydrogens (tertiary/aromatic N) is 2. The van der Waals surface area contributed by atoms with Crippen molar-refractivity contribution < 1.29 is 4.79 Å². The molecule has 0 aromatic heterocycles. The van der Waals surface area contributed by atoms with Gasteiger partial charge in [0.05, 0.1) is 12.6 Å². The first kappa shape index (κ1) is 24.5. The maximum atomic E-state index is 12.1. The number of nitrogens with one attached hydrogen (secondary N) is 3. The average molecular weight is 547 g/mol. The Labute approximate surface area is 208 Å². The molecule has 1 saturated heterocycles. The van der Waals surface area contributed by atoms with Gasteiger partial charge in [-0.3, -0.25) is 14.7 Å². The highest BCUT2D eigenvalue weighted by Crippen LogP contribution is 2.31. The van der Waals surface area contributed by atoms with Crippen molar-refractivity contribution in [3.8, 4) is 0 Å². The van der Waals surface area contributed by atoms with E-state index in [1.54, 1.807) is 0 Å². The highest BCUT2D eigenvalue weighted by molar-refractivity contribution is 14.0. The number of para-hydroxylation sites is 1. The third-order valence-electron chi connectivity index (χ3n) is 6.15. The van der Waals surface area contributed by atoms with Gasteiger partial charge in [0.15, 0.2) is 5.96 Å². The Hall–Kier alpha value is -2.13. The number of fused-ring (bicyclic) bond motifs is 1. The number of hydrogen-bond donors (Lipinski definition) is 3. The molecule has 172 valence electrons. The Balaban J connectivity index is 0.00000289. The van der Waals surface area contributed by atoms with E-state index in [4.69, 9.17) is 4.99 Å². The van der Waals surface area contributed by atoms with Crippen LogP contribution in [-0.4, -0.2) is 49.5 Å². The summed E-state index contributed by atoms with van der Waals surface area (Å²) in [5.41, 5.74) is 3.43. The van der Waals surface area contributed by atoms with Gasteiger partial charge in [0, 0.05) is 31.1 Å². The summed E-state index contributed by atoms with van der Waals surface area (Å²) in [6.07, 6.45) is 3.01. The first-order valence-electron chi connectivity index (χ1n) is 11.4. The molecule has 32 heavy (non-hydrogen) atoms.